The molecule has 1 rings (SSSR count). The predicted molar refractivity (Wildman–Crippen MR) is 69.8 cm³/mol. The van der Waals surface area contributed by atoms with Gasteiger partial charge in [-0.25, -0.2) is 4.79 Å². The lowest BCUT2D eigenvalue weighted by Crippen LogP contribution is -2.30. The molecule has 18 heavy (non-hydrogen) atoms. The van der Waals surface area contributed by atoms with Crippen LogP contribution in [0.15, 0.2) is 18.2 Å². The first-order valence-electron chi connectivity index (χ1n) is 5.83. The van der Waals surface area contributed by atoms with Gasteiger partial charge < -0.3 is 15.7 Å². The molecule has 5 nitrogen and oxygen atoms in total. The summed E-state index contributed by atoms with van der Waals surface area (Å²) in [5, 5.41) is 13.8. The molecule has 0 atom stereocenters. The third kappa shape index (κ3) is 4.86. The van der Waals surface area contributed by atoms with Crippen molar-refractivity contribution in [3.8, 4) is 0 Å². The summed E-state index contributed by atoms with van der Waals surface area (Å²) in [6.45, 7) is 4.22. The number of benzene rings is 1. The zero-order valence-corrected chi connectivity index (χ0v) is 10.6. The van der Waals surface area contributed by atoms with E-state index in [2.05, 4.69) is 10.6 Å². The summed E-state index contributed by atoms with van der Waals surface area (Å²) in [7, 11) is 0. The van der Waals surface area contributed by atoms with E-state index in [0.29, 0.717) is 13.0 Å². The highest BCUT2D eigenvalue weighted by Gasteiger charge is 2.04. The molecule has 0 saturated heterocycles. The first-order valence-corrected chi connectivity index (χ1v) is 5.83. The normalized spacial score (nSPS) is 9.89. The van der Waals surface area contributed by atoms with E-state index in [1.807, 2.05) is 32.0 Å². The number of hydrogen-bond donors (Lipinski definition) is 3. The van der Waals surface area contributed by atoms with Gasteiger partial charge >= 0.3 is 12.0 Å². The Kier molecular flexibility index (Phi) is 5.17. The minimum atomic E-state index is -0.855. The third-order valence-corrected chi connectivity index (χ3v) is 2.49. The van der Waals surface area contributed by atoms with Gasteiger partial charge in [-0.05, 0) is 37.5 Å². The summed E-state index contributed by atoms with van der Waals surface area (Å²) < 4.78 is 0. The molecule has 0 bridgehead atoms. The lowest BCUT2D eigenvalue weighted by atomic mass is 10.1. The zero-order chi connectivity index (χ0) is 13.5. The molecular weight excluding hydrogens is 232 g/mol. The van der Waals surface area contributed by atoms with Crippen molar-refractivity contribution in [3.63, 3.8) is 0 Å². The number of carbonyl (C=O) groups excluding carboxylic acids is 1. The van der Waals surface area contributed by atoms with Gasteiger partial charge in [0.1, 0.15) is 0 Å². The van der Waals surface area contributed by atoms with Crippen LogP contribution in [0.5, 0.6) is 0 Å². The van der Waals surface area contributed by atoms with E-state index in [1.165, 1.54) is 0 Å². The Hall–Kier alpha value is -2.04. The highest BCUT2D eigenvalue weighted by atomic mass is 16.4. The molecule has 0 aliphatic carbocycles. The molecule has 3 N–H and O–H groups in total. The smallest absolute Gasteiger partial charge is 0.319 e. The van der Waals surface area contributed by atoms with E-state index >= 15 is 0 Å². The highest BCUT2D eigenvalue weighted by molar-refractivity contribution is 5.90. The number of carboxylic acid groups (broad SMARTS) is 1. The topological polar surface area (TPSA) is 78.4 Å². The number of rotatable bonds is 5. The van der Waals surface area contributed by atoms with E-state index in [1.54, 1.807) is 0 Å². The molecule has 0 spiro atoms. The summed E-state index contributed by atoms with van der Waals surface area (Å²) in [5.74, 6) is -0.855. The number of hydrogen-bond acceptors (Lipinski definition) is 2. The summed E-state index contributed by atoms with van der Waals surface area (Å²) in [5.41, 5.74) is 2.83. The van der Waals surface area contributed by atoms with Crippen molar-refractivity contribution in [2.45, 2.75) is 26.7 Å². The fourth-order valence-electron chi connectivity index (χ4n) is 1.48. The zero-order valence-electron chi connectivity index (χ0n) is 10.6. The van der Waals surface area contributed by atoms with Crippen LogP contribution in [0, 0.1) is 13.8 Å². The van der Waals surface area contributed by atoms with Crippen LogP contribution >= 0.6 is 0 Å². The number of anilines is 1. The number of nitrogens with one attached hydrogen (secondary N) is 2. The van der Waals surface area contributed by atoms with Crippen molar-refractivity contribution in [1.82, 2.24) is 5.32 Å². The first-order chi connectivity index (χ1) is 8.49. The number of aliphatic carboxylic acids is 1. The van der Waals surface area contributed by atoms with Crippen LogP contribution in [-0.4, -0.2) is 23.7 Å². The van der Waals surface area contributed by atoms with Crippen LogP contribution in [0.2, 0.25) is 0 Å². The average Bonchev–Trinajstić information content (AvgIpc) is 2.29. The van der Waals surface area contributed by atoms with Gasteiger partial charge in [-0.1, -0.05) is 12.1 Å². The molecular formula is C13H18N2O3. The van der Waals surface area contributed by atoms with E-state index in [4.69, 9.17) is 5.11 Å². The number of carboxylic acids is 1. The molecule has 1 aromatic rings. The van der Waals surface area contributed by atoms with Gasteiger partial charge in [-0.2, -0.15) is 0 Å². The molecule has 0 saturated carbocycles. The Morgan fingerprint density at radius 1 is 1.28 bits per heavy atom. The second kappa shape index (κ2) is 6.64. The van der Waals surface area contributed by atoms with Crippen molar-refractivity contribution < 1.29 is 14.7 Å². The lowest BCUT2D eigenvalue weighted by molar-refractivity contribution is -0.137. The van der Waals surface area contributed by atoms with E-state index in [-0.39, 0.29) is 12.5 Å². The Morgan fingerprint density at radius 2 is 2.00 bits per heavy atom. The van der Waals surface area contributed by atoms with Crippen molar-refractivity contribution in [2.24, 2.45) is 0 Å². The predicted octanol–water partition coefficient (Wildman–Crippen LogP) is 2.29. The molecule has 5 heteroatoms. The molecule has 0 aliphatic rings. The van der Waals surface area contributed by atoms with Gasteiger partial charge in [0.25, 0.3) is 0 Å². The van der Waals surface area contributed by atoms with Gasteiger partial charge in [0.2, 0.25) is 0 Å². The maximum absolute atomic E-state index is 11.6. The fraction of sp³-hybridized carbons (Fsp3) is 0.385. The molecule has 98 valence electrons. The van der Waals surface area contributed by atoms with E-state index < -0.39 is 5.97 Å². The second-order valence-corrected chi connectivity index (χ2v) is 4.20. The Morgan fingerprint density at radius 3 is 2.67 bits per heavy atom. The van der Waals surface area contributed by atoms with Gasteiger partial charge in [0.05, 0.1) is 0 Å². The second-order valence-electron chi connectivity index (χ2n) is 4.20. The van der Waals surface area contributed by atoms with Crippen molar-refractivity contribution >= 4 is 17.7 Å². The van der Waals surface area contributed by atoms with Crippen molar-refractivity contribution in [1.29, 1.82) is 0 Å². The third-order valence-electron chi connectivity index (χ3n) is 2.49. The SMILES string of the molecule is Cc1ccc(C)c(NC(=O)NCCCC(=O)O)c1. The van der Waals surface area contributed by atoms with Crippen LogP contribution in [-0.2, 0) is 4.79 Å². The van der Waals surface area contributed by atoms with Crippen molar-refractivity contribution in [2.75, 3.05) is 11.9 Å². The fourth-order valence-corrected chi connectivity index (χ4v) is 1.48. The Balaban J connectivity index is 2.40. The Labute approximate surface area is 106 Å². The molecule has 0 aromatic heterocycles. The maximum Gasteiger partial charge on any atom is 0.319 e. The van der Waals surface area contributed by atoms with Crippen LogP contribution < -0.4 is 10.6 Å². The standard InChI is InChI=1S/C13H18N2O3/c1-9-5-6-10(2)11(8-9)15-13(18)14-7-3-4-12(16)17/h5-6,8H,3-4,7H2,1-2H3,(H,16,17)(H2,14,15,18). The lowest BCUT2D eigenvalue weighted by Gasteiger charge is -2.10. The molecule has 2 amide bonds. The minimum Gasteiger partial charge on any atom is -0.481 e. The minimum absolute atomic E-state index is 0.0593. The van der Waals surface area contributed by atoms with E-state index in [0.717, 1.165) is 16.8 Å². The van der Waals surface area contributed by atoms with Gasteiger partial charge in [0, 0.05) is 18.7 Å². The summed E-state index contributed by atoms with van der Waals surface area (Å²) in [6.07, 6.45) is 0.485. The largest absolute Gasteiger partial charge is 0.481 e. The van der Waals surface area contributed by atoms with E-state index in [9.17, 15) is 9.59 Å². The van der Waals surface area contributed by atoms with Gasteiger partial charge in [0.15, 0.2) is 0 Å². The number of amides is 2. The number of urea groups is 1. The molecule has 0 fully saturated rings. The van der Waals surface area contributed by atoms with Crippen LogP contribution in [0.25, 0.3) is 0 Å². The molecule has 0 unspecified atom stereocenters. The van der Waals surface area contributed by atoms with Crippen molar-refractivity contribution in [3.05, 3.63) is 29.3 Å². The molecule has 0 heterocycles. The number of carbonyl (C=O) groups is 2. The Bertz CT molecular complexity index is 444. The van der Waals surface area contributed by atoms with Crippen LogP contribution in [0.3, 0.4) is 0 Å². The molecule has 0 aliphatic heterocycles. The summed E-state index contributed by atoms with van der Waals surface area (Å²) in [4.78, 5) is 21.8. The number of aryl methyl sites for hydroxylation is 2. The molecule has 1 aromatic carbocycles. The van der Waals surface area contributed by atoms with Gasteiger partial charge in [-0.3, -0.25) is 4.79 Å². The average molecular weight is 250 g/mol. The quantitative estimate of drug-likeness (QED) is 0.701. The summed E-state index contributed by atoms with van der Waals surface area (Å²) >= 11 is 0. The van der Waals surface area contributed by atoms with Gasteiger partial charge in [-0.15, -0.1) is 0 Å². The maximum atomic E-state index is 11.6. The molecule has 0 radical (unpaired) electrons. The summed E-state index contributed by atoms with van der Waals surface area (Å²) in [6, 6.07) is 5.50. The van der Waals surface area contributed by atoms with Crippen LogP contribution in [0.4, 0.5) is 10.5 Å². The first kappa shape index (κ1) is 14.0. The monoisotopic (exact) mass is 250 g/mol. The highest BCUT2D eigenvalue weighted by Crippen LogP contribution is 2.15. The van der Waals surface area contributed by atoms with Crippen LogP contribution in [0.1, 0.15) is 24.0 Å².